The molecular formula is C45H87N3O2. The average molecular weight is 702 g/mol. The lowest BCUT2D eigenvalue weighted by Gasteiger charge is -2.34. The molecule has 1 N–H and O–H groups in total. The van der Waals surface area contributed by atoms with Crippen molar-refractivity contribution < 1.29 is 9.59 Å². The van der Waals surface area contributed by atoms with Gasteiger partial charge in [-0.3, -0.25) is 9.59 Å². The Labute approximate surface area is 313 Å². The highest BCUT2D eigenvalue weighted by Crippen LogP contribution is 2.17. The number of likely N-dealkylation sites (N-methyl/N-ethyl adjacent to an activating group) is 1. The van der Waals surface area contributed by atoms with Gasteiger partial charge in [0.25, 0.3) is 0 Å². The molecule has 0 aromatic carbocycles. The van der Waals surface area contributed by atoms with Gasteiger partial charge in [0.2, 0.25) is 11.8 Å². The predicted molar refractivity (Wildman–Crippen MR) is 221 cm³/mol. The van der Waals surface area contributed by atoms with Crippen LogP contribution in [-0.2, 0) is 9.59 Å². The molecular weight excluding hydrogens is 615 g/mol. The van der Waals surface area contributed by atoms with Crippen LogP contribution >= 0.6 is 0 Å². The SMILES string of the molecule is CCCCC/C=C\C/C=C\CCCCCCCC(=O)N(CCN(C)C)C(C(=O)NCCCCCCCCCCCCCCCCCC)C(C)C. The first-order valence-electron chi connectivity index (χ1n) is 21.9. The van der Waals surface area contributed by atoms with Gasteiger partial charge in [-0.2, -0.15) is 0 Å². The molecule has 0 spiro atoms. The van der Waals surface area contributed by atoms with Gasteiger partial charge in [-0.25, -0.2) is 0 Å². The second kappa shape index (κ2) is 37.1. The summed E-state index contributed by atoms with van der Waals surface area (Å²) in [5, 5.41) is 3.20. The second-order valence-corrected chi connectivity index (χ2v) is 15.7. The van der Waals surface area contributed by atoms with E-state index in [1.807, 2.05) is 19.0 Å². The van der Waals surface area contributed by atoms with E-state index in [0.29, 0.717) is 19.5 Å². The van der Waals surface area contributed by atoms with E-state index in [1.165, 1.54) is 141 Å². The Kier molecular flexibility index (Phi) is 35.9. The lowest BCUT2D eigenvalue weighted by Crippen LogP contribution is -2.54. The van der Waals surface area contributed by atoms with Crippen molar-refractivity contribution in [3.05, 3.63) is 24.3 Å². The van der Waals surface area contributed by atoms with Gasteiger partial charge in [-0.15, -0.1) is 0 Å². The Morgan fingerprint density at radius 3 is 1.44 bits per heavy atom. The minimum Gasteiger partial charge on any atom is -0.354 e. The topological polar surface area (TPSA) is 52.7 Å². The fourth-order valence-corrected chi connectivity index (χ4v) is 6.75. The van der Waals surface area contributed by atoms with E-state index in [1.54, 1.807) is 0 Å². The number of unbranched alkanes of at least 4 members (excludes halogenated alkanes) is 23. The van der Waals surface area contributed by atoms with Crippen LogP contribution in [0.15, 0.2) is 24.3 Å². The standard InChI is InChI=1S/C45H87N3O2/c1-7-9-11-13-15-17-19-21-23-25-27-29-31-33-35-37-39-46-45(50)44(42(3)4)48(41-40-47(5)6)43(49)38-36-34-32-30-28-26-24-22-20-18-16-14-12-10-8-2/h16,18,22,24,42,44H,7-15,17,19-21,23,25-41H2,1-6H3,(H,46,50)/b18-16-,24-22-. The molecule has 0 saturated carbocycles. The molecule has 0 radical (unpaired) electrons. The largest absolute Gasteiger partial charge is 0.354 e. The number of nitrogens with zero attached hydrogens (tertiary/aromatic N) is 2. The van der Waals surface area contributed by atoms with E-state index < -0.39 is 6.04 Å². The third-order valence-corrected chi connectivity index (χ3v) is 10.0. The van der Waals surface area contributed by atoms with E-state index >= 15 is 0 Å². The van der Waals surface area contributed by atoms with Crippen LogP contribution in [0.4, 0.5) is 0 Å². The quantitative estimate of drug-likeness (QED) is 0.0518. The summed E-state index contributed by atoms with van der Waals surface area (Å²) in [5.74, 6) is 0.235. The number of carbonyl (C=O) groups is 2. The molecule has 294 valence electrons. The molecule has 0 saturated heterocycles. The first-order chi connectivity index (χ1) is 24.3. The predicted octanol–water partition coefficient (Wildman–Crippen LogP) is 12.6. The normalized spacial score (nSPS) is 12.6. The van der Waals surface area contributed by atoms with Crippen LogP contribution in [0.3, 0.4) is 0 Å². The molecule has 0 aliphatic rings. The Bertz CT molecular complexity index is 806. The van der Waals surface area contributed by atoms with E-state index in [4.69, 9.17) is 0 Å². The molecule has 0 rings (SSSR count). The maximum absolute atomic E-state index is 13.5. The van der Waals surface area contributed by atoms with Gasteiger partial charge in [-0.05, 0) is 65.0 Å². The van der Waals surface area contributed by atoms with Gasteiger partial charge < -0.3 is 15.1 Å². The lowest BCUT2D eigenvalue weighted by atomic mass is 10.00. The Morgan fingerprint density at radius 2 is 0.960 bits per heavy atom. The van der Waals surface area contributed by atoms with Crippen LogP contribution in [0.25, 0.3) is 0 Å². The molecule has 0 bridgehead atoms. The van der Waals surface area contributed by atoms with Crippen LogP contribution in [-0.4, -0.2) is 61.4 Å². The van der Waals surface area contributed by atoms with Crippen molar-refractivity contribution in [2.24, 2.45) is 5.92 Å². The fraction of sp³-hybridized carbons (Fsp3) is 0.867. The minimum atomic E-state index is -0.401. The first kappa shape index (κ1) is 48.4. The molecule has 1 unspecified atom stereocenters. The molecule has 5 heteroatoms. The summed E-state index contributed by atoms with van der Waals surface area (Å²) in [7, 11) is 4.07. The lowest BCUT2D eigenvalue weighted by molar-refractivity contribution is -0.142. The highest BCUT2D eigenvalue weighted by atomic mass is 16.2. The molecule has 1 atom stereocenters. The first-order valence-corrected chi connectivity index (χ1v) is 21.9. The number of hydrogen-bond acceptors (Lipinski definition) is 3. The maximum Gasteiger partial charge on any atom is 0.243 e. The van der Waals surface area contributed by atoms with E-state index in [-0.39, 0.29) is 17.7 Å². The Balaban J connectivity index is 4.24. The smallest absolute Gasteiger partial charge is 0.243 e. The van der Waals surface area contributed by atoms with Crippen LogP contribution in [0.5, 0.6) is 0 Å². The monoisotopic (exact) mass is 702 g/mol. The van der Waals surface area contributed by atoms with Crippen LogP contribution < -0.4 is 5.32 Å². The summed E-state index contributed by atoms with van der Waals surface area (Å²) >= 11 is 0. The summed E-state index contributed by atoms with van der Waals surface area (Å²) in [4.78, 5) is 30.9. The molecule has 0 heterocycles. The van der Waals surface area contributed by atoms with Gasteiger partial charge in [-0.1, -0.05) is 180 Å². The van der Waals surface area contributed by atoms with Crippen molar-refractivity contribution in [3.63, 3.8) is 0 Å². The maximum atomic E-state index is 13.5. The molecule has 0 aromatic rings. The van der Waals surface area contributed by atoms with Crippen LogP contribution in [0, 0.1) is 5.92 Å². The van der Waals surface area contributed by atoms with Gasteiger partial charge in [0, 0.05) is 26.1 Å². The third kappa shape index (κ3) is 31.1. The highest BCUT2D eigenvalue weighted by Gasteiger charge is 2.31. The fourth-order valence-electron chi connectivity index (χ4n) is 6.75. The highest BCUT2D eigenvalue weighted by molar-refractivity contribution is 5.88. The van der Waals surface area contributed by atoms with Crippen LogP contribution in [0.1, 0.15) is 207 Å². The molecule has 0 fully saturated rings. The summed E-state index contributed by atoms with van der Waals surface area (Å²) in [5.41, 5.74) is 0. The number of allylic oxidation sites excluding steroid dienone is 4. The summed E-state index contributed by atoms with van der Waals surface area (Å²) in [6.45, 7) is 10.8. The zero-order valence-electron chi connectivity index (χ0n) is 34.6. The number of hydrogen-bond donors (Lipinski definition) is 1. The molecule has 0 aromatic heterocycles. The number of carbonyl (C=O) groups excluding carboxylic acids is 2. The average Bonchev–Trinajstić information content (AvgIpc) is 3.09. The van der Waals surface area contributed by atoms with Crippen molar-refractivity contribution in [2.75, 3.05) is 33.7 Å². The number of nitrogens with one attached hydrogen (secondary N) is 1. The van der Waals surface area contributed by atoms with E-state index in [0.717, 1.165) is 38.6 Å². The van der Waals surface area contributed by atoms with E-state index in [9.17, 15) is 9.59 Å². The Morgan fingerprint density at radius 1 is 0.540 bits per heavy atom. The third-order valence-electron chi connectivity index (χ3n) is 10.0. The van der Waals surface area contributed by atoms with Crippen molar-refractivity contribution in [2.45, 2.75) is 214 Å². The van der Waals surface area contributed by atoms with Gasteiger partial charge in [0.1, 0.15) is 6.04 Å². The number of rotatable bonds is 37. The van der Waals surface area contributed by atoms with Gasteiger partial charge in [0.15, 0.2) is 0 Å². The molecule has 0 aliphatic carbocycles. The molecule has 0 aliphatic heterocycles. The molecule has 5 nitrogen and oxygen atoms in total. The molecule has 2 amide bonds. The van der Waals surface area contributed by atoms with Crippen molar-refractivity contribution >= 4 is 11.8 Å². The second-order valence-electron chi connectivity index (χ2n) is 15.7. The minimum absolute atomic E-state index is 0.0214. The van der Waals surface area contributed by atoms with Crippen molar-refractivity contribution in [1.29, 1.82) is 0 Å². The molecule has 50 heavy (non-hydrogen) atoms. The Hall–Kier alpha value is -1.62. The summed E-state index contributed by atoms with van der Waals surface area (Å²) < 4.78 is 0. The summed E-state index contributed by atoms with van der Waals surface area (Å²) in [6.07, 6.45) is 44.2. The number of amides is 2. The van der Waals surface area contributed by atoms with Crippen molar-refractivity contribution in [1.82, 2.24) is 15.1 Å². The zero-order valence-corrected chi connectivity index (χ0v) is 34.6. The van der Waals surface area contributed by atoms with E-state index in [2.05, 4.69) is 62.2 Å². The van der Waals surface area contributed by atoms with Crippen molar-refractivity contribution in [3.8, 4) is 0 Å². The summed E-state index contributed by atoms with van der Waals surface area (Å²) in [6, 6.07) is -0.401. The van der Waals surface area contributed by atoms with Gasteiger partial charge in [0.05, 0.1) is 0 Å². The zero-order chi connectivity index (χ0) is 36.9. The van der Waals surface area contributed by atoms with Crippen LogP contribution in [0.2, 0.25) is 0 Å². The van der Waals surface area contributed by atoms with Gasteiger partial charge >= 0.3 is 0 Å².